The summed E-state index contributed by atoms with van der Waals surface area (Å²) in [7, 11) is 1.94. The van der Waals surface area contributed by atoms with E-state index in [1.54, 1.807) is 0 Å². The van der Waals surface area contributed by atoms with E-state index in [-0.39, 0.29) is 0 Å². The Morgan fingerprint density at radius 1 is 1.48 bits per heavy atom. The van der Waals surface area contributed by atoms with Gasteiger partial charge in [-0.25, -0.2) is 0 Å². The highest BCUT2D eigenvalue weighted by atomic mass is 32.1. The normalized spacial score (nSPS) is 24.1. The smallest absolute Gasteiger partial charge is 0.222 e. The number of aromatic nitrogens is 3. The molecule has 21 heavy (non-hydrogen) atoms. The lowest BCUT2D eigenvalue weighted by molar-refractivity contribution is -0.133. The van der Waals surface area contributed by atoms with E-state index < -0.39 is 0 Å². The third-order valence-corrected chi connectivity index (χ3v) is 5.34. The van der Waals surface area contributed by atoms with Gasteiger partial charge in [0.15, 0.2) is 4.77 Å². The first-order valence-electron chi connectivity index (χ1n) is 7.95. The average molecular weight is 308 g/mol. The van der Waals surface area contributed by atoms with Crippen LogP contribution in [0.2, 0.25) is 0 Å². The number of nitrogens with one attached hydrogen (secondary N) is 1. The lowest BCUT2D eigenvalue weighted by Crippen LogP contribution is -2.40. The van der Waals surface area contributed by atoms with Crippen LogP contribution in [0.5, 0.6) is 0 Å². The zero-order valence-corrected chi connectivity index (χ0v) is 13.7. The molecule has 2 heterocycles. The minimum Gasteiger partial charge on any atom is -0.342 e. The summed E-state index contributed by atoms with van der Waals surface area (Å²) in [5.74, 6) is 2.93. The maximum Gasteiger partial charge on any atom is 0.222 e. The van der Waals surface area contributed by atoms with Crippen molar-refractivity contribution in [3.63, 3.8) is 0 Å². The van der Waals surface area contributed by atoms with E-state index >= 15 is 0 Å². The number of hydrogen-bond acceptors (Lipinski definition) is 3. The molecule has 1 aliphatic heterocycles. The molecule has 2 unspecified atom stereocenters. The van der Waals surface area contributed by atoms with Gasteiger partial charge in [0.25, 0.3) is 0 Å². The Kier molecular flexibility index (Phi) is 4.15. The van der Waals surface area contributed by atoms with Gasteiger partial charge >= 0.3 is 0 Å². The summed E-state index contributed by atoms with van der Waals surface area (Å²) in [6.45, 7) is 3.89. The van der Waals surface area contributed by atoms with Gasteiger partial charge in [0.1, 0.15) is 5.82 Å². The van der Waals surface area contributed by atoms with Crippen LogP contribution in [0.3, 0.4) is 0 Å². The molecule has 0 radical (unpaired) electrons. The molecule has 2 aliphatic rings. The van der Waals surface area contributed by atoms with E-state index in [9.17, 15) is 4.79 Å². The summed E-state index contributed by atoms with van der Waals surface area (Å²) in [5, 5.41) is 7.19. The molecule has 5 nitrogen and oxygen atoms in total. The molecule has 1 saturated heterocycles. The third kappa shape index (κ3) is 3.20. The molecule has 6 heteroatoms. The first-order chi connectivity index (χ1) is 10.1. The standard InChI is InChI=1S/C15H24N4OS/c1-10(11-5-6-11)8-13(20)19-7-3-4-12(9-19)14-16-17-15(21)18(14)2/h10-12H,3-9H2,1-2H3,(H,17,21). The van der Waals surface area contributed by atoms with Crippen molar-refractivity contribution in [2.45, 2.75) is 44.9 Å². The highest BCUT2D eigenvalue weighted by Gasteiger charge is 2.32. The van der Waals surface area contributed by atoms with Crippen LogP contribution in [-0.2, 0) is 11.8 Å². The molecule has 116 valence electrons. The second kappa shape index (κ2) is 5.91. The van der Waals surface area contributed by atoms with E-state index in [0.717, 1.165) is 37.7 Å². The maximum atomic E-state index is 12.5. The van der Waals surface area contributed by atoms with Gasteiger partial charge in [-0.05, 0) is 49.7 Å². The number of amides is 1. The topological polar surface area (TPSA) is 53.9 Å². The number of nitrogens with zero attached hydrogens (tertiary/aromatic N) is 3. The minimum absolute atomic E-state index is 0.303. The molecule has 0 aromatic carbocycles. The lowest BCUT2D eigenvalue weighted by Gasteiger charge is -2.33. The van der Waals surface area contributed by atoms with Crippen molar-refractivity contribution in [3.8, 4) is 0 Å². The molecule has 1 aromatic rings. The first kappa shape index (κ1) is 14.8. The molecular weight excluding hydrogens is 284 g/mol. The molecule has 3 rings (SSSR count). The predicted octanol–water partition coefficient (Wildman–Crippen LogP) is 2.62. The monoisotopic (exact) mass is 308 g/mol. The van der Waals surface area contributed by atoms with Crippen LogP contribution in [-0.4, -0.2) is 38.7 Å². The average Bonchev–Trinajstić information content (AvgIpc) is 3.27. The molecule has 2 atom stereocenters. The fourth-order valence-electron chi connectivity index (χ4n) is 3.38. The Bertz CT molecular complexity index is 574. The van der Waals surface area contributed by atoms with Crippen molar-refractivity contribution < 1.29 is 4.79 Å². The van der Waals surface area contributed by atoms with Crippen LogP contribution in [0, 0.1) is 16.6 Å². The van der Waals surface area contributed by atoms with Crippen molar-refractivity contribution in [2.24, 2.45) is 18.9 Å². The SMILES string of the molecule is CC(CC(=O)N1CCCC(c2n[nH]c(=S)n2C)C1)C1CC1. The van der Waals surface area contributed by atoms with Gasteiger partial charge in [-0.15, -0.1) is 0 Å². The second-order valence-electron chi connectivity index (χ2n) is 6.64. The van der Waals surface area contributed by atoms with Crippen LogP contribution in [0.4, 0.5) is 0 Å². The zero-order chi connectivity index (χ0) is 15.0. The minimum atomic E-state index is 0.303. The lowest BCUT2D eigenvalue weighted by atomic mass is 9.95. The van der Waals surface area contributed by atoms with Crippen molar-refractivity contribution in [2.75, 3.05) is 13.1 Å². The largest absolute Gasteiger partial charge is 0.342 e. The Morgan fingerprint density at radius 2 is 2.24 bits per heavy atom. The summed E-state index contributed by atoms with van der Waals surface area (Å²) in [5.41, 5.74) is 0. The van der Waals surface area contributed by atoms with Crippen LogP contribution in [0.25, 0.3) is 0 Å². The first-order valence-corrected chi connectivity index (χ1v) is 8.36. The molecular formula is C15H24N4OS. The fourth-order valence-corrected chi connectivity index (χ4v) is 3.51. The van der Waals surface area contributed by atoms with E-state index in [4.69, 9.17) is 12.2 Å². The number of aromatic amines is 1. The number of rotatable bonds is 4. The van der Waals surface area contributed by atoms with Crippen molar-refractivity contribution in [1.29, 1.82) is 0 Å². The summed E-state index contributed by atoms with van der Waals surface area (Å²) in [6.07, 6.45) is 5.45. The third-order valence-electron chi connectivity index (χ3n) is 4.98. The molecule has 1 aliphatic carbocycles. The van der Waals surface area contributed by atoms with Gasteiger partial charge in [-0.2, -0.15) is 5.10 Å². The Hall–Kier alpha value is -1.17. The summed E-state index contributed by atoms with van der Waals surface area (Å²) < 4.78 is 2.58. The quantitative estimate of drug-likeness (QED) is 0.870. The van der Waals surface area contributed by atoms with E-state index in [2.05, 4.69) is 17.1 Å². The number of carbonyl (C=O) groups excluding carboxylic acids is 1. The van der Waals surface area contributed by atoms with Crippen LogP contribution in [0.15, 0.2) is 0 Å². The molecule has 1 aromatic heterocycles. The molecule has 1 N–H and O–H groups in total. The van der Waals surface area contributed by atoms with E-state index in [1.807, 2.05) is 16.5 Å². The van der Waals surface area contributed by atoms with Gasteiger partial charge in [0, 0.05) is 32.5 Å². The summed E-state index contributed by atoms with van der Waals surface area (Å²) in [4.78, 5) is 14.5. The van der Waals surface area contributed by atoms with Gasteiger partial charge in [0.2, 0.25) is 5.91 Å². The fraction of sp³-hybridized carbons (Fsp3) is 0.800. The molecule has 2 fully saturated rings. The molecule has 0 spiro atoms. The molecule has 1 amide bonds. The van der Waals surface area contributed by atoms with Gasteiger partial charge in [-0.3, -0.25) is 9.89 Å². The Labute approximate surface area is 130 Å². The second-order valence-corrected chi connectivity index (χ2v) is 7.03. The zero-order valence-electron chi connectivity index (χ0n) is 12.8. The number of H-pyrrole nitrogens is 1. The highest BCUT2D eigenvalue weighted by molar-refractivity contribution is 7.71. The predicted molar refractivity (Wildman–Crippen MR) is 83.5 cm³/mol. The summed E-state index contributed by atoms with van der Waals surface area (Å²) >= 11 is 5.18. The van der Waals surface area contributed by atoms with Crippen LogP contribution in [0.1, 0.15) is 50.8 Å². The Morgan fingerprint density at radius 3 is 2.86 bits per heavy atom. The highest BCUT2D eigenvalue weighted by Crippen LogP contribution is 2.38. The van der Waals surface area contributed by atoms with Crippen LogP contribution >= 0.6 is 12.2 Å². The van der Waals surface area contributed by atoms with Crippen LogP contribution < -0.4 is 0 Å². The summed E-state index contributed by atoms with van der Waals surface area (Å²) in [6, 6.07) is 0. The van der Waals surface area contributed by atoms with Crippen molar-refractivity contribution in [1.82, 2.24) is 19.7 Å². The van der Waals surface area contributed by atoms with E-state index in [0.29, 0.717) is 28.9 Å². The van der Waals surface area contributed by atoms with Crippen molar-refractivity contribution in [3.05, 3.63) is 10.6 Å². The number of piperidine rings is 1. The number of likely N-dealkylation sites (tertiary alicyclic amines) is 1. The van der Waals surface area contributed by atoms with E-state index in [1.165, 1.54) is 12.8 Å². The molecule has 1 saturated carbocycles. The van der Waals surface area contributed by atoms with Gasteiger partial charge in [0.05, 0.1) is 0 Å². The van der Waals surface area contributed by atoms with Crippen molar-refractivity contribution >= 4 is 18.1 Å². The van der Waals surface area contributed by atoms with Gasteiger partial charge in [-0.1, -0.05) is 6.92 Å². The van der Waals surface area contributed by atoms with Gasteiger partial charge < -0.3 is 9.47 Å². The maximum absolute atomic E-state index is 12.5. The Balaban J connectivity index is 1.63. The molecule has 0 bridgehead atoms. The number of hydrogen-bond donors (Lipinski definition) is 1. The number of carbonyl (C=O) groups is 1.